The van der Waals surface area contributed by atoms with Crippen molar-refractivity contribution in [3.05, 3.63) is 54.0 Å². The number of aromatic nitrogens is 3. The van der Waals surface area contributed by atoms with Gasteiger partial charge in [0.05, 0.1) is 31.2 Å². The largest absolute Gasteiger partial charge is 0.494 e. The molecule has 0 amide bonds. The Morgan fingerprint density at radius 2 is 1.97 bits per heavy atom. The maximum Gasteiger partial charge on any atom is 0.227 e. The number of aliphatic hydroxyl groups excluding tert-OH is 1. The van der Waals surface area contributed by atoms with Gasteiger partial charge in [-0.25, -0.2) is 9.97 Å². The lowest BCUT2D eigenvalue weighted by Gasteiger charge is -2.33. The zero-order valence-corrected chi connectivity index (χ0v) is 20.6. The van der Waals surface area contributed by atoms with Gasteiger partial charge in [-0.2, -0.15) is 0 Å². The predicted molar refractivity (Wildman–Crippen MR) is 137 cm³/mol. The molecule has 1 atom stereocenters. The summed E-state index contributed by atoms with van der Waals surface area (Å²) in [4.78, 5) is 16.2. The summed E-state index contributed by atoms with van der Waals surface area (Å²) < 4.78 is 11.2. The van der Waals surface area contributed by atoms with Crippen LogP contribution >= 0.6 is 0 Å². The fourth-order valence-corrected chi connectivity index (χ4v) is 5.08. The lowest BCUT2D eigenvalue weighted by atomic mass is 9.85. The van der Waals surface area contributed by atoms with E-state index in [0.29, 0.717) is 12.1 Å². The monoisotopic (exact) mass is 475 g/mol. The second-order valence-electron chi connectivity index (χ2n) is 9.63. The number of nitrogens with zero attached hydrogens (tertiary/aromatic N) is 4. The number of methoxy groups -OCH3 is 2. The number of aryl methyl sites for hydroxylation is 1. The number of piperidine rings is 1. The second-order valence-corrected chi connectivity index (χ2v) is 9.63. The third-order valence-corrected chi connectivity index (χ3v) is 7.41. The van der Waals surface area contributed by atoms with E-state index in [1.807, 2.05) is 18.3 Å². The lowest BCUT2D eigenvalue weighted by molar-refractivity contribution is 0.0819. The van der Waals surface area contributed by atoms with Crippen LogP contribution < -0.4 is 15.0 Å². The molecule has 0 saturated carbocycles. The van der Waals surface area contributed by atoms with Crippen molar-refractivity contribution in [3.8, 4) is 17.0 Å². The number of pyridine rings is 1. The Labute approximate surface area is 206 Å². The Morgan fingerprint density at radius 3 is 2.71 bits per heavy atom. The number of hydrogen-bond acceptors (Lipinski definition) is 8. The van der Waals surface area contributed by atoms with Gasteiger partial charge in [0.15, 0.2) is 0 Å². The minimum Gasteiger partial charge on any atom is -0.494 e. The minimum atomic E-state index is -0.250. The van der Waals surface area contributed by atoms with Crippen LogP contribution in [-0.4, -0.2) is 60.1 Å². The minimum absolute atomic E-state index is 0.113. The highest BCUT2D eigenvalue weighted by atomic mass is 16.5. The van der Waals surface area contributed by atoms with Crippen molar-refractivity contribution in [1.29, 1.82) is 0 Å². The van der Waals surface area contributed by atoms with E-state index in [1.54, 1.807) is 20.4 Å². The Kier molecular flexibility index (Phi) is 6.58. The third-order valence-electron chi connectivity index (χ3n) is 7.41. The van der Waals surface area contributed by atoms with E-state index in [4.69, 9.17) is 14.5 Å². The van der Waals surface area contributed by atoms with E-state index >= 15 is 0 Å². The van der Waals surface area contributed by atoms with Crippen LogP contribution in [-0.2, 0) is 16.6 Å². The van der Waals surface area contributed by atoms with Crippen molar-refractivity contribution in [2.24, 2.45) is 0 Å². The van der Waals surface area contributed by atoms with Gasteiger partial charge in [0.25, 0.3) is 0 Å². The summed E-state index contributed by atoms with van der Waals surface area (Å²) in [5.74, 6) is 1.23. The average Bonchev–Trinajstić information content (AvgIpc) is 3.25. The van der Waals surface area contributed by atoms with E-state index in [-0.39, 0.29) is 12.0 Å². The molecule has 1 unspecified atom stereocenters. The summed E-state index contributed by atoms with van der Waals surface area (Å²) in [5.41, 5.74) is 5.55. The Balaban J connectivity index is 1.36. The molecule has 8 nitrogen and oxygen atoms in total. The maximum atomic E-state index is 9.93. The molecule has 1 aliphatic heterocycles. The quantitative estimate of drug-likeness (QED) is 0.528. The molecule has 1 fully saturated rings. The zero-order chi connectivity index (χ0) is 24.4. The SMILES string of the molecule is COc1cc(N2CCC(OC)CC2)ccc1Nc1nccc(-c2cnc3c(c2)C(C)(CO)CC3)n1. The predicted octanol–water partition coefficient (Wildman–Crippen LogP) is 4.10. The van der Waals surface area contributed by atoms with E-state index in [1.165, 1.54) is 0 Å². The van der Waals surface area contributed by atoms with Crippen LogP contribution in [0.3, 0.4) is 0 Å². The molecular formula is C27H33N5O3. The highest BCUT2D eigenvalue weighted by molar-refractivity contribution is 5.69. The van der Waals surface area contributed by atoms with Crippen LogP contribution in [0.15, 0.2) is 42.7 Å². The standard InChI is InChI=1S/C27H33N5O3/c1-27(17-33)10-6-23-21(27)14-18(16-29-23)22-7-11-28-26(30-22)31-24-5-4-19(15-25(24)35-3)32-12-8-20(34-2)9-13-32/h4-5,7,11,14-16,20,33H,6,8-10,12-13,17H2,1-3H3,(H,28,30,31). The first-order chi connectivity index (χ1) is 17.0. The van der Waals surface area contributed by atoms with E-state index in [9.17, 15) is 5.11 Å². The molecule has 0 spiro atoms. The zero-order valence-electron chi connectivity index (χ0n) is 20.6. The molecule has 8 heteroatoms. The Morgan fingerprint density at radius 1 is 1.14 bits per heavy atom. The van der Waals surface area contributed by atoms with Gasteiger partial charge < -0.3 is 24.8 Å². The third kappa shape index (κ3) is 4.68. The van der Waals surface area contributed by atoms with Crippen molar-refractivity contribution < 1.29 is 14.6 Å². The van der Waals surface area contributed by atoms with Gasteiger partial charge in [0, 0.05) is 61.0 Å². The first-order valence-electron chi connectivity index (χ1n) is 12.2. The number of anilines is 3. The Bertz CT molecular complexity index is 1200. The van der Waals surface area contributed by atoms with E-state index < -0.39 is 0 Å². The highest BCUT2D eigenvalue weighted by Gasteiger charge is 2.35. The fourth-order valence-electron chi connectivity index (χ4n) is 5.08. The van der Waals surface area contributed by atoms with Crippen LogP contribution in [0.2, 0.25) is 0 Å². The van der Waals surface area contributed by atoms with E-state index in [0.717, 1.165) is 78.4 Å². The first kappa shape index (κ1) is 23.5. The van der Waals surface area contributed by atoms with Crippen molar-refractivity contribution in [2.75, 3.05) is 44.1 Å². The molecule has 184 valence electrons. The van der Waals surface area contributed by atoms with Gasteiger partial charge in [0.2, 0.25) is 5.95 Å². The number of ether oxygens (including phenoxy) is 2. The Hall–Kier alpha value is -3.23. The topological polar surface area (TPSA) is 92.6 Å². The number of hydrogen-bond donors (Lipinski definition) is 2. The molecule has 3 aromatic rings. The number of nitrogens with one attached hydrogen (secondary N) is 1. The number of rotatable bonds is 7. The van der Waals surface area contributed by atoms with Gasteiger partial charge in [-0.1, -0.05) is 6.92 Å². The maximum absolute atomic E-state index is 9.93. The second kappa shape index (κ2) is 9.79. The van der Waals surface area contributed by atoms with Crippen LogP contribution in [0.4, 0.5) is 17.3 Å². The molecule has 2 N–H and O–H groups in total. The molecule has 1 aliphatic carbocycles. The van der Waals surface area contributed by atoms with Crippen LogP contribution in [0.5, 0.6) is 5.75 Å². The number of aliphatic hydroxyl groups is 1. The van der Waals surface area contributed by atoms with Gasteiger partial charge in [0.1, 0.15) is 5.75 Å². The lowest BCUT2D eigenvalue weighted by Crippen LogP contribution is -2.36. The van der Waals surface area contributed by atoms with Gasteiger partial charge in [-0.15, -0.1) is 0 Å². The summed E-state index contributed by atoms with van der Waals surface area (Å²) in [6.07, 6.45) is 7.79. The molecule has 35 heavy (non-hydrogen) atoms. The molecule has 1 saturated heterocycles. The fraction of sp³-hybridized carbons (Fsp3) is 0.444. The van der Waals surface area contributed by atoms with Crippen molar-refractivity contribution >= 4 is 17.3 Å². The molecule has 0 radical (unpaired) electrons. The highest BCUT2D eigenvalue weighted by Crippen LogP contribution is 2.39. The molecule has 1 aromatic carbocycles. The molecule has 2 aliphatic rings. The normalized spacial score (nSPS) is 20.1. The van der Waals surface area contributed by atoms with Crippen LogP contribution in [0.1, 0.15) is 37.4 Å². The summed E-state index contributed by atoms with van der Waals surface area (Å²) in [6.45, 7) is 4.13. The van der Waals surface area contributed by atoms with Gasteiger partial charge in [-0.05, 0) is 55.5 Å². The molecule has 3 heterocycles. The van der Waals surface area contributed by atoms with E-state index in [2.05, 4.69) is 45.3 Å². The summed E-state index contributed by atoms with van der Waals surface area (Å²) >= 11 is 0. The summed E-state index contributed by atoms with van der Waals surface area (Å²) in [6, 6.07) is 10.2. The van der Waals surface area contributed by atoms with Crippen molar-refractivity contribution in [1.82, 2.24) is 15.0 Å². The van der Waals surface area contributed by atoms with Crippen molar-refractivity contribution in [2.45, 2.75) is 44.1 Å². The number of fused-ring (bicyclic) bond motifs is 1. The first-order valence-corrected chi connectivity index (χ1v) is 12.2. The molecule has 5 rings (SSSR count). The molecular weight excluding hydrogens is 442 g/mol. The van der Waals surface area contributed by atoms with Crippen LogP contribution in [0.25, 0.3) is 11.3 Å². The van der Waals surface area contributed by atoms with Gasteiger partial charge >= 0.3 is 0 Å². The van der Waals surface area contributed by atoms with Crippen LogP contribution in [0, 0.1) is 0 Å². The number of benzene rings is 1. The summed E-state index contributed by atoms with van der Waals surface area (Å²) in [7, 11) is 3.46. The average molecular weight is 476 g/mol. The van der Waals surface area contributed by atoms with Crippen molar-refractivity contribution in [3.63, 3.8) is 0 Å². The molecule has 2 aromatic heterocycles. The van der Waals surface area contributed by atoms with Gasteiger partial charge in [-0.3, -0.25) is 4.98 Å². The summed E-state index contributed by atoms with van der Waals surface area (Å²) in [5, 5.41) is 13.2. The molecule has 0 bridgehead atoms. The smallest absolute Gasteiger partial charge is 0.227 e.